The minimum absolute atomic E-state index is 0.574. The first kappa shape index (κ1) is 20.2. The quantitative estimate of drug-likeness (QED) is 0.521. The summed E-state index contributed by atoms with van der Waals surface area (Å²) in [7, 11) is 1.66. The van der Waals surface area contributed by atoms with Crippen LogP contribution < -0.4 is 4.74 Å². The van der Waals surface area contributed by atoms with Crippen LogP contribution in [0.4, 0.5) is 0 Å². The first-order valence-corrected chi connectivity index (χ1v) is 10.7. The van der Waals surface area contributed by atoms with Crippen molar-refractivity contribution >= 4 is 12.2 Å². The summed E-state index contributed by atoms with van der Waals surface area (Å²) in [5.74, 6) is 1.92. The summed E-state index contributed by atoms with van der Waals surface area (Å²) in [5, 5.41) is 16.0. The van der Waals surface area contributed by atoms with Crippen molar-refractivity contribution < 1.29 is 9.84 Å². The molecule has 0 fully saturated rings. The van der Waals surface area contributed by atoms with Crippen LogP contribution in [0.3, 0.4) is 0 Å². The van der Waals surface area contributed by atoms with Gasteiger partial charge in [0, 0.05) is 12.7 Å². The van der Waals surface area contributed by atoms with Crippen LogP contribution in [0.1, 0.15) is 41.3 Å². The van der Waals surface area contributed by atoms with Gasteiger partial charge in [0.2, 0.25) is 0 Å². The van der Waals surface area contributed by atoms with E-state index >= 15 is 0 Å². The number of benzene rings is 2. The lowest BCUT2D eigenvalue weighted by Crippen LogP contribution is -2.35. The molecule has 1 atom stereocenters. The molecule has 0 saturated carbocycles. The highest BCUT2D eigenvalue weighted by Crippen LogP contribution is 2.36. The standard InChI is InChI=1S/C25H25N5O2/c1-18-16-29(17-26-18)21-11-9-19(15-22(21)32-2)10-12-23-27-24-25(31,13-6-14-30(24)28-23)20-7-4-3-5-8-20/h3-5,7-12,15-17,31H,6,13-14H2,1-2H3/b12-10+/t25-/m1/s1. The number of aliphatic hydroxyl groups is 1. The van der Waals surface area contributed by atoms with Gasteiger partial charge in [-0.05, 0) is 49.1 Å². The Balaban J connectivity index is 1.44. The molecule has 0 aliphatic carbocycles. The number of aryl methyl sites for hydroxylation is 2. The number of fused-ring (bicyclic) bond motifs is 1. The highest BCUT2D eigenvalue weighted by atomic mass is 16.5. The zero-order valence-corrected chi connectivity index (χ0v) is 18.1. The number of hydrogen-bond acceptors (Lipinski definition) is 5. The Bertz CT molecular complexity index is 1270. The summed E-state index contributed by atoms with van der Waals surface area (Å²) in [6.45, 7) is 2.70. The maximum atomic E-state index is 11.4. The van der Waals surface area contributed by atoms with Gasteiger partial charge in [0.05, 0.1) is 24.8 Å². The first-order valence-electron chi connectivity index (χ1n) is 10.7. The van der Waals surface area contributed by atoms with Crippen molar-refractivity contribution in [3.8, 4) is 11.4 Å². The normalized spacial score (nSPS) is 18.1. The van der Waals surface area contributed by atoms with Gasteiger partial charge in [-0.3, -0.25) is 0 Å². The van der Waals surface area contributed by atoms with Crippen molar-refractivity contribution in [3.05, 3.63) is 89.5 Å². The van der Waals surface area contributed by atoms with E-state index in [2.05, 4.69) is 15.1 Å². The number of ether oxygens (including phenoxy) is 1. The maximum absolute atomic E-state index is 11.4. The third kappa shape index (κ3) is 3.61. The maximum Gasteiger partial charge on any atom is 0.174 e. The fourth-order valence-corrected chi connectivity index (χ4v) is 4.21. The van der Waals surface area contributed by atoms with Crippen molar-refractivity contribution in [3.63, 3.8) is 0 Å². The van der Waals surface area contributed by atoms with Gasteiger partial charge in [-0.1, -0.05) is 42.5 Å². The summed E-state index contributed by atoms with van der Waals surface area (Å²) in [5.41, 5.74) is 2.56. The minimum Gasteiger partial charge on any atom is -0.495 e. The van der Waals surface area contributed by atoms with E-state index in [4.69, 9.17) is 4.74 Å². The third-order valence-corrected chi connectivity index (χ3v) is 5.84. The Morgan fingerprint density at radius 2 is 1.97 bits per heavy atom. The molecule has 2 aromatic heterocycles. The Hall–Kier alpha value is -3.71. The van der Waals surface area contributed by atoms with E-state index in [-0.39, 0.29) is 0 Å². The molecule has 1 aliphatic heterocycles. The molecule has 0 radical (unpaired) electrons. The Labute approximate surface area is 186 Å². The van der Waals surface area contributed by atoms with Gasteiger partial charge in [-0.2, -0.15) is 5.10 Å². The molecule has 7 heteroatoms. The van der Waals surface area contributed by atoms with Gasteiger partial charge in [0.25, 0.3) is 0 Å². The second kappa shape index (κ2) is 8.09. The average molecular weight is 428 g/mol. The number of imidazole rings is 1. The molecule has 32 heavy (non-hydrogen) atoms. The predicted molar refractivity (Wildman–Crippen MR) is 122 cm³/mol. The molecule has 0 spiro atoms. The Morgan fingerprint density at radius 1 is 1.12 bits per heavy atom. The lowest BCUT2D eigenvalue weighted by molar-refractivity contribution is 0.0395. The molecule has 0 saturated heterocycles. The van der Waals surface area contributed by atoms with Crippen molar-refractivity contribution in [2.75, 3.05) is 7.11 Å². The number of hydrogen-bond donors (Lipinski definition) is 1. The number of methoxy groups -OCH3 is 1. The van der Waals surface area contributed by atoms with Crippen LogP contribution in [0.2, 0.25) is 0 Å². The summed E-state index contributed by atoms with van der Waals surface area (Å²) < 4.78 is 9.36. The van der Waals surface area contributed by atoms with E-state index in [0.29, 0.717) is 18.1 Å². The van der Waals surface area contributed by atoms with Crippen molar-refractivity contribution in [1.29, 1.82) is 0 Å². The molecule has 5 rings (SSSR count). The molecule has 2 aromatic carbocycles. The lowest BCUT2D eigenvalue weighted by Gasteiger charge is -2.31. The van der Waals surface area contributed by atoms with Crippen LogP contribution >= 0.6 is 0 Å². The molecule has 1 aliphatic rings. The molecule has 4 aromatic rings. The zero-order valence-electron chi connectivity index (χ0n) is 18.1. The van der Waals surface area contributed by atoms with Crippen molar-refractivity contribution in [1.82, 2.24) is 24.3 Å². The van der Waals surface area contributed by atoms with E-state index < -0.39 is 5.60 Å². The van der Waals surface area contributed by atoms with Gasteiger partial charge in [0.15, 0.2) is 11.6 Å². The molecular weight excluding hydrogens is 402 g/mol. The number of aromatic nitrogens is 5. The van der Waals surface area contributed by atoms with Gasteiger partial charge in [-0.15, -0.1) is 0 Å². The number of nitrogens with zero attached hydrogens (tertiary/aromatic N) is 5. The van der Waals surface area contributed by atoms with E-state index in [9.17, 15) is 5.11 Å². The summed E-state index contributed by atoms with van der Waals surface area (Å²) in [6.07, 6.45) is 9.03. The van der Waals surface area contributed by atoms with E-state index in [1.165, 1.54) is 0 Å². The van der Waals surface area contributed by atoms with Gasteiger partial charge in [-0.25, -0.2) is 14.6 Å². The summed E-state index contributed by atoms with van der Waals surface area (Å²) in [4.78, 5) is 8.96. The SMILES string of the molecule is COc1cc(/C=C/c2nc3n(n2)CCC[C@@]3(O)c2ccccc2)ccc1-n1cnc(C)c1. The molecule has 7 nitrogen and oxygen atoms in total. The smallest absolute Gasteiger partial charge is 0.174 e. The van der Waals surface area contributed by atoms with Gasteiger partial charge >= 0.3 is 0 Å². The van der Waals surface area contributed by atoms with Gasteiger partial charge in [0.1, 0.15) is 11.4 Å². The van der Waals surface area contributed by atoms with Crippen LogP contribution in [0.25, 0.3) is 17.8 Å². The van der Waals surface area contributed by atoms with Crippen LogP contribution in [0, 0.1) is 6.92 Å². The van der Waals surface area contributed by atoms with Gasteiger partial charge < -0.3 is 14.4 Å². The Morgan fingerprint density at radius 3 is 2.72 bits per heavy atom. The van der Waals surface area contributed by atoms with Crippen molar-refractivity contribution in [2.45, 2.75) is 31.9 Å². The summed E-state index contributed by atoms with van der Waals surface area (Å²) >= 11 is 0. The molecule has 3 heterocycles. The van der Waals surface area contributed by atoms with Crippen LogP contribution in [-0.4, -0.2) is 36.5 Å². The largest absolute Gasteiger partial charge is 0.495 e. The topological polar surface area (TPSA) is 78.0 Å². The molecule has 0 bridgehead atoms. The average Bonchev–Trinajstić information content (AvgIpc) is 3.45. The minimum atomic E-state index is -1.12. The zero-order chi connectivity index (χ0) is 22.1. The first-order chi connectivity index (χ1) is 15.6. The predicted octanol–water partition coefficient (Wildman–Crippen LogP) is 3.98. The molecule has 1 N–H and O–H groups in total. The fraction of sp³-hybridized carbons (Fsp3) is 0.240. The fourth-order valence-electron chi connectivity index (χ4n) is 4.21. The monoisotopic (exact) mass is 427 g/mol. The van der Waals surface area contributed by atoms with Crippen LogP contribution in [0.15, 0.2) is 61.1 Å². The van der Waals surface area contributed by atoms with E-state index in [1.807, 2.05) is 83.1 Å². The van der Waals surface area contributed by atoms with E-state index in [0.717, 1.165) is 41.2 Å². The third-order valence-electron chi connectivity index (χ3n) is 5.84. The Kier molecular flexibility index (Phi) is 5.11. The van der Waals surface area contributed by atoms with E-state index in [1.54, 1.807) is 13.4 Å². The molecule has 0 unspecified atom stereocenters. The van der Waals surface area contributed by atoms with Crippen LogP contribution in [-0.2, 0) is 12.1 Å². The molecular formula is C25H25N5O2. The second-order valence-corrected chi connectivity index (χ2v) is 8.03. The number of rotatable bonds is 5. The lowest BCUT2D eigenvalue weighted by atomic mass is 9.86. The molecule has 0 amide bonds. The molecule has 162 valence electrons. The summed E-state index contributed by atoms with van der Waals surface area (Å²) in [6, 6.07) is 15.7. The van der Waals surface area contributed by atoms with Crippen LogP contribution in [0.5, 0.6) is 5.75 Å². The highest BCUT2D eigenvalue weighted by molar-refractivity contribution is 5.69. The van der Waals surface area contributed by atoms with Crippen molar-refractivity contribution in [2.24, 2.45) is 0 Å². The second-order valence-electron chi connectivity index (χ2n) is 8.03. The highest BCUT2D eigenvalue weighted by Gasteiger charge is 2.39.